The number of aliphatic hydroxyl groups excluding tert-OH is 1. The van der Waals surface area contributed by atoms with Crippen molar-refractivity contribution in [3.8, 4) is 0 Å². The molecule has 0 aliphatic rings. The molecule has 0 spiro atoms. The number of carbonyl (C=O) groups excluding carboxylic acids is 1. The first-order chi connectivity index (χ1) is 9.36. The van der Waals surface area contributed by atoms with Crippen LogP contribution in [0.5, 0.6) is 0 Å². The second-order valence-corrected chi connectivity index (χ2v) is 4.79. The smallest absolute Gasteiger partial charge is 0.343 e. The molecule has 0 bridgehead atoms. The van der Waals surface area contributed by atoms with E-state index in [2.05, 4.69) is 4.74 Å². The second-order valence-electron chi connectivity index (χ2n) is 4.79. The molecular formula is C15H18FNO3. The van der Waals surface area contributed by atoms with Crippen molar-refractivity contribution in [3.05, 3.63) is 47.0 Å². The fourth-order valence-corrected chi connectivity index (χ4v) is 1.72. The third kappa shape index (κ3) is 3.91. The van der Waals surface area contributed by atoms with Gasteiger partial charge in [-0.1, -0.05) is 13.8 Å². The first kappa shape index (κ1) is 15.9. The highest BCUT2D eigenvalue weighted by atomic mass is 19.1. The molecule has 1 rings (SSSR count). The summed E-state index contributed by atoms with van der Waals surface area (Å²) in [5, 5.41) is 18.1. The van der Waals surface area contributed by atoms with E-state index in [4.69, 9.17) is 5.41 Å². The van der Waals surface area contributed by atoms with E-state index in [1.165, 1.54) is 31.4 Å². The van der Waals surface area contributed by atoms with Crippen molar-refractivity contribution in [3.63, 3.8) is 0 Å². The summed E-state index contributed by atoms with van der Waals surface area (Å²) >= 11 is 0. The summed E-state index contributed by atoms with van der Waals surface area (Å²) in [7, 11) is 1.18. The molecule has 1 aromatic carbocycles. The van der Waals surface area contributed by atoms with E-state index in [1.807, 2.05) is 13.8 Å². The molecule has 0 aliphatic carbocycles. The average Bonchev–Trinajstić information content (AvgIpc) is 2.38. The highest BCUT2D eigenvalue weighted by molar-refractivity contribution is 6.25. The molecule has 0 aromatic heterocycles. The Morgan fingerprint density at radius 1 is 1.35 bits per heavy atom. The van der Waals surface area contributed by atoms with Crippen LogP contribution in [0.15, 0.2) is 35.6 Å². The lowest BCUT2D eigenvalue weighted by atomic mass is 9.98. The molecule has 20 heavy (non-hydrogen) atoms. The van der Waals surface area contributed by atoms with Crippen molar-refractivity contribution in [2.24, 2.45) is 5.92 Å². The zero-order chi connectivity index (χ0) is 15.3. The number of ether oxygens (including phenoxy) is 1. The van der Waals surface area contributed by atoms with Gasteiger partial charge in [0.2, 0.25) is 0 Å². The van der Waals surface area contributed by atoms with Crippen LogP contribution in [-0.2, 0) is 9.53 Å². The molecule has 0 fully saturated rings. The summed E-state index contributed by atoms with van der Waals surface area (Å²) in [5.74, 6) is -1.29. The minimum Gasteiger partial charge on any atom is -0.511 e. The molecule has 4 nitrogen and oxygen atoms in total. The highest BCUT2D eigenvalue weighted by Gasteiger charge is 2.22. The van der Waals surface area contributed by atoms with Crippen LogP contribution in [0.2, 0.25) is 0 Å². The van der Waals surface area contributed by atoms with E-state index < -0.39 is 11.8 Å². The maximum Gasteiger partial charge on any atom is 0.343 e. The van der Waals surface area contributed by atoms with E-state index in [9.17, 15) is 14.3 Å². The Morgan fingerprint density at radius 2 is 1.90 bits per heavy atom. The molecule has 0 atom stereocenters. The van der Waals surface area contributed by atoms with Gasteiger partial charge in [0, 0.05) is 12.0 Å². The highest BCUT2D eigenvalue weighted by Crippen LogP contribution is 2.18. The zero-order valence-electron chi connectivity index (χ0n) is 11.7. The predicted molar refractivity (Wildman–Crippen MR) is 74.4 cm³/mol. The molecule has 0 saturated carbocycles. The minimum absolute atomic E-state index is 0.121. The van der Waals surface area contributed by atoms with Crippen LogP contribution in [0.25, 0.3) is 0 Å². The Balaban J connectivity index is 3.21. The van der Waals surface area contributed by atoms with Gasteiger partial charge in [-0.2, -0.15) is 0 Å². The van der Waals surface area contributed by atoms with Gasteiger partial charge in [-0.25, -0.2) is 9.18 Å². The molecule has 108 valence electrons. The fourth-order valence-electron chi connectivity index (χ4n) is 1.72. The summed E-state index contributed by atoms with van der Waals surface area (Å²) in [6.07, 6.45) is 0.258. The van der Waals surface area contributed by atoms with Crippen molar-refractivity contribution in [2.45, 2.75) is 20.3 Å². The number of methoxy groups -OCH3 is 1. The molecule has 0 unspecified atom stereocenters. The van der Waals surface area contributed by atoms with Crippen molar-refractivity contribution in [1.82, 2.24) is 0 Å². The first-order valence-corrected chi connectivity index (χ1v) is 6.22. The summed E-state index contributed by atoms with van der Waals surface area (Å²) < 4.78 is 17.5. The number of nitrogens with one attached hydrogen (secondary N) is 1. The van der Waals surface area contributed by atoms with Crippen LogP contribution >= 0.6 is 0 Å². The SMILES string of the molecule is COC(=O)/C(C(=N)c1ccc(F)cc1)=C(\O)CC(C)C. The number of benzene rings is 1. The number of carbonyl (C=O) groups is 1. The average molecular weight is 279 g/mol. The number of halogens is 1. The van der Waals surface area contributed by atoms with Gasteiger partial charge in [-0.15, -0.1) is 0 Å². The topological polar surface area (TPSA) is 70.4 Å². The van der Waals surface area contributed by atoms with Gasteiger partial charge >= 0.3 is 5.97 Å². The maximum absolute atomic E-state index is 12.9. The lowest BCUT2D eigenvalue weighted by molar-refractivity contribution is -0.135. The van der Waals surface area contributed by atoms with Crippen LogP contribution in [-0.4, -0.2) is 23.9 Å². The quantitative estimate of drug-likeness (QED) is 0.376. The summed E-state index contributed by atoms with van der Waals surface area (Å²) in [5.41, 5.74) is -0.0371. The monoisotopic (exact) mass is 279 g/mol. The maximum atomic E-state index is 12.9. The molecule has 5 heteroatoms. The van der Waals surface area contributed by atoms with Crippen molar-refractivity contribution in [1.29, 1.82) is 5.41 Å². The largest absolute Gasteiger partial charge is 0.511 e. The standard InChI is InChI=1S/C15H18FNO3/c1-9(2)8-12(18)13(15(19)20-3)14(17)10-4-6-11(16)7-5-10/h4-7,9,17-18H,8H2,1-3H3/b13-12-,17-14?. The fraction of sp³-hybridized carbons (Fsp3) is 0.333. The molecule has 0 aliphatic heterocycles. The Morgan fingerprint density at radius 3 is 2.35 bits per heavy atom. The van der Waals surface area contributed by atoms with E-state index in [0.29, 0.717) is 5.56 Å². The first-order valence-electron chi connectivity index (χ1n) is 6.22. The van der Waals surface area contributed by atoms with Crippen molar-refractivity contribution in [2.75, 3.05) is 7.11 Å². The Labute approximate surface area is 117 Å². The van der Waals surface area contributed by atoms with Gasteiger partial charge in [0.05, 0.1) is 12.8 Å². The van der Waals surface area contributed by atoms with Crippen LogP contribution < -0.4 is 0 Å². The third-order valence-electron chi connectivity index (χ3n) is 2.66. The lowest BCUT2D eigenvalue weighted by Crippen LogP contribution is -2.18. The van der Waals surface area contributed by atoms with Crippen molar-refractivity contribution >= 4 is 11.7 Å². The molecule has 0 saturated heterocycles. The number of hydrogen-bond acceptors (Lipinski definition) is 4. The number of hydrogen-bond donors (Lipinski definition) is 2. The Bertz CT molecular complexity index is 533. The molecule has 0 amide bonds. The van der Waals surface area contributed by atoms with E-state index in [-0.39, 0.29) is 29.4 Å². The van der Waals surface area contributed by atoms with Gasteiger partial charge in [0.25, 0.3) is 0 Å². The summed E-state index contributed by atoms with van der Waals surface area (Å²) in [4.78, 5) is 11.8. The van der Waals surface area contributed by atoms with Crippen molar-refractivity contribution < 1.29 is 19.0 Å². The summed E-state index contributed by atoms with van der Waals surface area (Å²) in [6, 6.07) is 5.14. The van der Waals surface area contributed by atoms with Gasteiger partial charge in [-0.3, -0.25) is 5.41 Å². The zero-order valence-corrected chi connectivity index (χ0v) is 11.7. The molecule has 1 aromatic rings. The third-order valence-corrected chi connectivity index (χ3v) is 2.66. The van der Waals surface area contributed by atoms with Crippen LogP contribution in [0, 0.1) is 17.1 Å². The Kier molecular flexibility index (Phi) is 5.43. The Hall–Kier alpha value is -2.17. The van der Waals surface area contributed by atoms with E-state index in [0.717, 1.165) is 0 Å². The van der Waals surface area contributed by atoms with Gasteiger partial charge in [0.1, 0.15) is 17.1 Å². The lowest BCUT2D eigenvalue weighted by Gasteiger charge is -2.12. The number of aliphatic hydroxyl groups is 1. The van der Waals surface area contributed by atoms with E-state index in [1.54, 1.807) is 0 Å². The molecule has 0 radical (unpaired) electrons. The van der Waals surface area contributed by atoms with Gasteiger partial charge in [0.15, 0.2) is 0 Å². The minimum atomic E-state index is -0.780. The number of rotatable bonds is 5. The van der Waals surface area contributed by atoms with Gasteiger partial charge < -0.3 is 9.84 Å². The van der Waals surface area contributed by atoms with Gasteiger partial charge in [-0.05, 0) is 30.2 Å². The number of allylic oxidation sites excluding steroid dienone is 1. The van der Waals surface area contributed by atoms with Crippen LogP contribution in [0.4, 0.5) is 4.39 Å². The summed E-state index contributed by atoms with van der Waals surface area (Å²) in [6.45, 7) is 3.76. The second kappa shape index (κ2) is 6.84. The molecule has 0 heterocycles. The predicted octanol–water partition coefficient (Wildman–Crippen LogP) is 3.22. The van der Waals surface area contributed by atoms with E-state index >= 15 is 0 Å². The molecule has 2 N–H and O–H groups in total. The van der Waals surface area contributed by atoms with Crippen LogP contribution in [0.3, 0.4) is 0 Å². The van der Waals surface area contributed by atoms with Crippen LogP contribution in [0.1, 0.15) is 25.8 Å². The molecular weight excluding hydrogens is 261 g/mol. The number of esters is 1. The normalized spacial score (nSPS) is 12.1.